The Morgan fingerprint density at radius 3 is 2.71 bits per heavy atom. The molecule has 5 rings (SSSR count). The van der Waals surface area contributed by atoms with E-state index in [1.54, 1.807) is 12.5 Å². The molecule has 0 aromatic carbocycles. The number of halogens is 2. The summed E-state index contributed by atoms with van der Waals surface area (Å²) in [4.78, 5) is 19.3. The Morgan fingerprint density at radius 1 is 1.33 bits per heavy atom. The van der Waals surface area contributed by atoms with E-state index in [9.17, 15) is 4.79 Å². The molecule has 1 amide bonds. The second kappa shape index (κ2) is 7.30. The van der Waals surface area contributed by atoms with E-state index in [2.05, 4.69) is 22.1 Å². The largest absolute Gasteiger partial charge is 0.462 e. The van der Waals surface area contributed by atoms with Crippen LogP contribution in [0.25, 0.3) is 11.0 Å². The molecular formula is C17H23Cl2N3O2. The first-order chi connectivity index (χ1) is 10.6. The number of rotatable bonds is 2. The highest BCUT2D eigenvalue weighted by molar-refractivity contribution is 5.96. The van der Waals surface area contributed by atoms with E-state index in [1.165, 1.54) is 12.8 Å². The van der Waals surface area contributed by atoms with Gasteiger partial charge in [-0.2, -0.15) is 0 Å². The van der Waals surface area contributed by atoms with Gasteiger partial charge in [-0.05, 0) is 57.3 Å². The number of aryl methyl sites for hydroxylation is 1. The summed E-state index contributed by atoms with van der Waals surface area (Å²) in [6, 6.07) is 2.48. The predicted octanol–water partition coefficient (Wildman–Crippen LogP) is 3.19. The first-order valence-corrected chi connectivity index (χ1v) is 8.02. The van der Waals surface area contributed by atoms with E-state index in [-0.39, 0.29) is 36.8 Å². The van der Waals surface area contributed by atoms with Crippen molar-refractivity contribution in [2.45, 2.75) is 38.8 Å². The van der Waals surface area contributed by atoms with Gasteiger partial charge in [-0.1, -0.05) is 0 Å². The van der Waals surface area contributed by atoms with Crippen LogP contribution in [-0.4, -0.2) is 41.0 Å². The Morgan fingerprint density at radius 2 is 2.04 bits per heavy atom. The molecule has 0 aliphatic carbocycles. The number of nitrogens with zero attached hydrogens (tertiary/aromatic N) is 2. The lowest BCUT2D eigenvalue weighted by Gasteiger charge is -2.49. The van der Waals surface area contributed by atoms with Crippen molar-refractivity contribution in [3.05, 3.63) is 29.8 Å². The quantitative estimate of drug-likeness (QED) is 0.880. The molecule has 5 nitrogen and oxygen atoms in total. The molecule has 0 radical (unpaired) electrons. The number of aromatic nitrogens is 1. The second-order valence-corrected chi connectivity index (χ2v) is 6.60. The third kappa shape index (κ3) is 3.13. The summed E-state index contributed by atoms with van der Waals surface area (Å²) in [5.41, 5.74) is 2.23. The first kappa shape index (κ1) is 19.0. The highest BCUT2D eigenvalue weighted by atomic mass is 35.5. The minimum Gasteiger partial charge on any atom is -0.462 e. The van der Waals surface area contributed by atoms with E-state index in [0.717, 1.165) is 29.6 Å². The molecule has 132 valence electrons. The van der Waals surface area contributed by atoms with Crippen LogP contribution in [0.5, 0.6) is 0 Å². The number of fused-ring (bicyclic) bond motifs is 4. The van der Waals surface area contributed by atoms with E-state index in [0.29, 0.717) is 17.7 Å². The first-order valence-electron chi connectivity index (χ1n) is 8.02. The summed E-state index contributed by atoms with van der Waals surface area (Å²) in [7, 11) is 0. The molecule has 7 heteroatoms. The normalized spacial score (nSPS) is 28.1. The van der Waals surface area contributed by atoms with Crippen LogP contribution < -0.4 is 5.32 Å². The van der Waals surface area contributed by atoms with Gasteiger partial charge >= 0.3 is 0 Å². The Kier molecular flexibility index (Phi) is 5.78. The van der Waals surface area contributed by atoms with Crippen LogP contribution in [0.1, 0.15) is 35.8 Å². The number of hydrogen-bond acceptors (Lipinski definition) is 4. The van der Waals surface area contributed by atoms with E-state index in [4.69, 9.17) is 4.42 Å². The maximum Gasteiger partial charge on any atom is 0.270 e. The van der Waals surface area contributed by atoms with Crippen molar-refractivity contribution >= 4 is 41.7 Å². The summed E-state index contributed by atoms with van der Waals surface area (Å²) in [5, 5.41) is 4.18. The standard InChI is InChI=1S/C17H21N3O2.2ClH/c1-10-9-22-15-8-18-14(7-13(10)15)17(21)19-16-11(2)20-5-3-12(16)4-6-20;;/h7-9,11-12,16H,3-6H2,1-2H3,(H,19,21);2*1H/t11-,16-;;/m0../s1. The summed E-state index contributed by atoms with van der Waals surface area (Å²) < 4.78 is 5.39. The number of hydrogen-bond donors (Lipinski definition) is 1. The van der Waals surface area contributed by atoms with E-state index >= 15 is 0 Å². The van der Waals surface area contributed by atoms with Crippen molar-refractivity contribution in [1.82, 2.24) is 15.2 Å². The third-order valence-corrected chi connectivity index (χ3v) is 5.36. The van der Waals surface area contributed by atoms with Crippen molar-refractivity contribution in [3.63, 3.8) is 0 Å². The zero-order valence-electron chi connectivity index (χ0n) is 13.8. The molecule has 2 aromatic rings. The van der Waals surface area contributed by atoms with Crippen LogP contribution in [0.15, 0.2) is 22.9 Å². The molecule has 3 aliphatic heterocycles. The zero-order chi connectivity index (χ0) is 15.3. The fourth-order valence-corrected chi connectivity index (χ4v) is 3.96. The Balaban J connectivity index is 0.00000104. The lowest BCUT2D eigenvalue weighted by molar-refractivity contribution is 0.0216. The van der Waals surface area contributed by atoms with Gasteiger partial charge in [0.25, 0.3) is 5.91 Å². The lowest BCUT2D eigenvalue weighted by atomic mass is 9.79. The smallest absolute Gasteiger partial charge is 0.270 e. The maximum atomic E-state index is 12.6. The average molecular weight is 372 g/mol. The Labute approximate surface area is 154 Å². The van der Waals surface area contributed by atoms with Crippen molar-refractivity contribution in [2.75, 3.05) is 13.1 Å². The van der Waals surface area contributed by atoms with Gasteiger partial charge in [0.15, 0.2) is 5.58 Å². The number of amides is 1. The molecule has 2 atom stereocenters. The Hall–Kier alpha value is -1.30. The van der Waals surface area contributed by atoms with Gasteiger partial charge in [0.05, 0.1) is 12.5 Å². The molecular weight excluding hydrogens is 349 g/mol. The predicted molar refractivity (Wildman–Crippen MR) is 98.3 cm³/mol. The topological polar surface area (TPSA) is 58.4 Å². The fraction of sp³-hybridized carbons (Fsp3) is 0.529. The van der Waals surface area contributed by atoms with Gasteiger partial charge in [0.2, 0.25) is 0 Å². The minimum absolute atomic E-state index is 0. The number of furan rings is 1. The molecule has 0 unspecified atom stereocenters. The molecule has 3 saturated heterocycles. The van der Waals surface area contributed by atoms with Gasteiger partial charge in [-0.3, -0.25) is 9.69 Å². The molecule has 2 aromatic heterocycles. The SMILES string of the molecule is Cc1coc2cnc(C(=O)N[C@@H]3C4CCN(CC4)[C@H]3C)cc12.Cl.Cl. The van der Waals surface area contributed by atoms with Crippen LogP contribution in [0.3, 0.4) is 0 Å². The molecule has 24 heavy (non-hydrogen) atoms. The van der Waals surface area contributed by atoms with E-state index in [1.807, 2.05) is 13.0 Å². The van der Waals surface area contributed by atoms with Crippen molar-refractivity contribution in [3.8, 4) is 0 Å². The number of pyridine rings is 1. The zero-order valence-corrected chi connectivity index (χ0v) is 15.5. The van der Waals surface area contributed by atoms with Gasteiger partial charge < -0.3 is 9.73 Å². The third-order valence-electron chi connectivity index (χ3n) is 5.36. The van der Waals surface area contributed by atoms with Gasteiger partial charge in [0.1, 0.15) is 5.69 Å². The Bertz CT molecular complexity index is 724. The summed E-state index contributed by atoms with van der Waals surface area (Å²) >= 11 is 0. The highest BCUT2D eigenvalue weighted by Gasteiger charge is 2.40. The van der Waals surface area contributed by atoms with E-state index < -0.39 is 0 Å². The van der Waals surface area contributed by atoms with Crippen LogP contribution >= 0.6 is 24.8 Å². The van der Waals surface area contributed by atoms with Crippen molar-refractivity contribution in [2.24, 2.45) is 5.92 Å². The fourth-order valence-electron chi connectivity index (χ4n) is 3.96. The van der Waals surface area contributed by atoms with Crippen LogP contribution in [-0.2, 0) is 0 Å². The molecule has 0 saturated carbocycles. The molecule has 5 heterocycles. The molecule has 3 aliphatic rings. The second-order valence-electron chi connectivity index (χ2n) is 6.60. The number of carbonyl (C=O) groups is 1. The average Bonchev–Trinajstić information content (AvgIpc) is 2.92. The monoisotopic (exact) mass is 371 g/mol. The van der Waals surface area contributed by atoms with Gasteiger partial charge in [0, 0.05) is 17.5 Å². The summed E-state index contributed by atoms with van der Waals surface area (Å²) in [5.74, 6) is 0.524. The van der Waals surface area contributed by atoms with Crippen LogP contribution in [0, 0.1) is 12.8 Å². The molecule has 2 bridgehead atoms. The van der Waals surface area contributed by atoms with Crippen LogP contribution in [0.4, 0.5) is 0 Å². The maximum absolute atomic E-state index is 12.6. The van der Waals surface area contributed by atoms with Crippen molar-refractivity contribution in [1.29, 1.82) is 0 Å². The highest BCUT2D eigenvalue weighted by Crippen LogP contribution is 2.32. The van der Waals surface area contributed by atoms with Crippen LogP contribution in [0.2, 0.25) is 0 Å². The molecule has 1 N–H and O–H groups in total. The summed E-state index contributed by atoms with van der Waals surface area (Å²) in [6.07, 6.45) is 5.70. The van der Waals surface area contributed by atoms with Gasteiger partial charge in [-0.25, -0.2) is 4.98 Å². The summed E-state index contributed by atoms with van der Waals surface area (Å²) in [6.45, 7) is 6.52. The minimum atomic E-state index is -0.0758. The van der Waals surface area contributed by atoms with Crippen molar-refractivity contribution < 1.29 is 9.21 Å². The number of piperidine rings is 3. The van der Waals surface area contributed by atoms with Gasteiger partial charge in [-0.15, -0.1) is 24.8 Å². The molecule has 3 fully saturated rings. The number of nitrogens with one attached hydrogen (secondary N) is 1. The number of carbonyl (C=O) groups excluding carboxylic acids is 1. The molecule has 0 spiro atoms. The lowest BCUT2D eigenvalue weighted by Crippen LogP contribution is -2.62.